The van der Waals surface area contributed by atoms with Crippen LogP contribution in [0.25, 0.3) is 0 Å². The first-order valence-corrected chi connectivity index (χ1v) is 9.67. The summed E-state index contributed by atoms with van der Waals surface area (Å²) in [5.74, 6) is 0.255. The van der Waals surface area contributed by atoms with E-state index in [2.05, 4.69) is 11.0 Å². The number of carbonyl (C=O) groups excluding carboxylic acids is 1. The van der Waals surface area contributed by atoms with Gasteiger partial charge in [-0.25, -0.2) is 0 Å². The Morgan fingerprint density at radius 2 is 1.89 bits per heavy atom. The van der Waals surface area contributed by atoms with Crippen molar-refractivity contribution in [3.63, 3.8) is 0 Å². The number of hydrogen-bond acceptors (Lipinski definition) is 5. The summed E-state index contributed by atoms with van der Waals surface area (Å²) in [6.45, 7) is 4.42. The molecule has 3 atom stereocenters. The maximum absolute atomic E-state index is 13.0. The number of carbonyl (C=O) groups is 1. The number of piperidine rings is 1. The second-order valence-corrected chi connectivity index (χ2v) is 8.01. The summed E-state index contributed by atoms with van der Waals surface area (Å²) < 4.78 is 1.94. The van der Waals surface area contributed by atoms with E-state index in [4.69, 9.17) is 10.8 Å². The minimum absolute atomic E-state index is 0. The minimum atomic E-state index is -0.848. The SMILES string of the molecule is Cl.Cl.N[C@@H](CO)C(=O)N1C[C@@H]2C[C@H](C1)c1ccc(CN3CCCC3)c(=O)n1C2. The number of halogens is 2. The van der Waals surface area contributed by atoms with Crippen LogP contribution in [0.4, 0.5) is 0 Å². The predicted molar refractivity (Wildman–Crippen MR) is 112 cm³/mol. The summed E-state index contributed by atoms with van der Waals surface area (Å²) in [7, 11) is 0. The van der Waals surface area contributed by atoms with Gasteiger partial charge in [0, 0.05) is 43.4 Å². The lowest BCUT2D eigenvalue weighted by molar-refractivity contribution is -0.136. The van der Waals surface area contributed by atoms with Crippen LogP contribution >= 0.6 is 24.8 Å². The molecule has 2 fully saturated rings. The highest BCUT2D eigenvalue weighted by molar-refractivity contribution is 5.85. The van der Waals surface area contributed by atoms with E-state index in [0.29, 0.717) is 19.6 Å². The first-order valence-electron chi connectivity index (χ1n) is 9.67. The molecule has 1 aromatic heterocycles. The molecule has 7 nitrogen and oxygen atoms in total. The van der Waals surface area contributed by atoms with Gasteiger partial charge in [-0.3, -0.25) is 14.5 Å². The fraction of sp³-hybridized carbons (Fsp3) is 0.684. The molecule has 3 aliphatic heterocycles. The Kier molecular flexibility index (Phi) is 7.93. The van der Waals surface area contributed by atoms with Gasteiger partial charge in [-0.1, -0.05) is 6.07 Å². The summed E-state index contributed by atoms with van der Waals surface area (Å²) in [5, 5.41) is 9.16. The van der Waals surface area contributed by atoms with Gasteiger partial charge in [-0.05, 0) is 44.3 Å². The van der Waals surface area contributed by atoms with Gasteiger partial charge in [0.2, 0.25) is 5.91 Å². The summed E-state index contributed by atoms with van der Waals surface area (Å²) in [6.07, 6.45) is 3.44. The number of nitrogens with two attached hydrogens (primary N) is 1. The Hall–Kier alpha value is -1.12. The van der Waals surface area contributed by atoms with E-state index in [9.17, 15) is 9.59 Å². The van der Waals surface area contributed by atoms with E-state index >= 15 is 0 Å². The molecule has 2 bridgehead atoms. The molecule has 0 radical (unpaired) electrons. The molecule has 3 N–H and O–H groups in total. The van der Waals surface area contributed by atoms with Crippen LogP contribution in [0.2, 0.25) is 0 Å². The predicted octanol–water partition coefficient (Wildman–Crippen LogP) is 0.553. The second-order valence-electron chi connectivity index (χ2n) is 8.01. The molecular weight excluding hydrogens is 403 g/mol. The van der Waals surface area contributed by atoms with Crippen LogP contribution in [-0.4, -0.2) is 64.2 Å². The molecule has 4 rings (SSSR count). The van der Waals surface area contributed by atoms with Gasteiger partial charge in [0.05, 0.1) is 6.61 Å². The van der Waals surface area contributed by atoms with Gasteiger partial charge in [0.25, 0.3) is 5.56 Å². The van der Waals surface area contributed by atoms with Crippen LogP contribution < -0.4 is 11.3 Å². The normalized spacial score (nSPS) is 24.7. The van der Waals surface area contributed by atoms with E-state index in [-0.39, 0.29) is 54.7 Å². The van der Waals surface area contributed by atoms with Gasteiger partial charge in [-0.2, -0.15) is 0 Å². The van der Waals surface area contributed by atoms with Gasteiger partial charge >= 0.3 is 0 Å². The number of aliphatic hydroxyl groups excluding tert-OH is 1. The van der Waals surface area contributed by atoms with Crippen LogP contribution in [0.5, 0.6) is 0 Å². The molecule has 4 heterocycles. The van der Waals surface area contributed by atoms with Crippen LogP contribution in [0.1, 0.15) is 36.4 Å². The lowest BCUT2D eigenvalue weighted by Crippen LogP contribution is -2.54. The number of hydrogen-bond donors (Lipinski definition) is 2. The first-order chi connectivity index (χ1) is 12.6. The third-order valence-corrected chi connectivity index (χ3v) is 6.10. The molecule has 28 heavy (non-hydrogen) atoms. The van der Waals surface area contributed by atoms with E-state index in [1.807, 2.05) is 10.6 Å². The molecule has 0 spiro atoms. The number of rotatable bonds is 4. The standard InChI is InChI=1S/C19H28N4O3.2ClH/c20-16(12-24)19(26)22-8-13-7-15(11-22)17-4-3-14(18(25)23(17)9-13)10-21-5-1-2-6-21;;/h3-4,13,15-16,24H,1-2,5-12,20H2;2*1H/t13-,15+,16-;;/m0../s1. The molecular formula is C19H30Cl2N4O3. The maximum Gasteiger partial charge on any atom is 0.255 e. The number of aliphatic hydroxyl groups is 1. The highest BCUT2D eigenvalue weighted by Crippen LogP contribution is 2.35. The molecule has 2 saturated heterocycles. The van der Waals surface area contributed by atoms with Crippen molar-refractivity contribution >= 4 is 30.7 Å². The summed E-state index contributed by atoms with van der Waals surface area (Å²) in [6, 6.07) is 3.21. The summed E-state index contributed by atoms with van der Waals surface area (Å²) in [4.78, 5) is 29.5. The third-order valence-electron chi connectivity index (χ3n) is 6.10. The van der Waals surface area contributed by atoms with Crippen molar-refractivity contribution in [1.29, 1.82) is 0 Å². The number of amides is 1. The fourth-order valence-corrected chi connectivity index (χ4v) is 4.79. The van der Waals surface area contributed by atoms with Gasteiger partial charge in [0.1, 0.15) is 6.04 Å². The Morgan fingerprint density at radius 1 is 1.18 bits per heavy atom. The Bertz CT molecular complexity index is 751. The Labute approximate surface area is 177 Å². The zero-order chi connectivity index (χ0) is 18.3. The quantitative estimate of drug-likeness (QED) is 0.724. The average Bonchev–Trinajstić information content (AvgIpc) is 3.16. The molecule has 3 aliphatic rings. The molecule has 158 valence electrons. The third kappa shape index (κ3) is 4.39. The van der Waals surface area contributed by atoms with Crippen molar-refractivity contribution in [2.24, 2.45) is 11.7 Å². The number of fused-ring (bicyclic) bond motifs is 4. The summed E-state index contributed by atoms with van der Waals surface area (Å²) >= 11 is 0. The summed E-state index contributed by atoms with van der Waals surface area (Å²) in [5.41, 5.74) is 7.76. The Morgan fingerprint density at radius 3 is 2.57 bits per heavy atom. The number of nitrogens with zero attached hydrogens (tertiary/aromatic N) is 3. The lowest BCUT2D eigenvalue weighted by atomic mass is 9.82. The van der Waals surface area contributed by atoms with E-state index in [1.165, 1.54) is 12.8 Å². The van der Waals surface area contributed by atoms with Crippen LogP contribution in [0.15, 0.2) is 16.9 Å². The van der Waals surface area contributed by atoms with Crippen LogP contribution in [0, 0.1) is 5.92 Å². The van der Waals surface area contributed by atoms with E-state index < -0.39 is 6.04 Å². The minimum Gasteiger partial charge on any atom is -0.394 e. The molecule has 1 amide bonds. The topological polar surface area (TPSA) is 91.8 Å². The molecule has 0 aromatic carbocycles. The molecule has 0 saturated carbocycles. The highest BCUT2D eigenvalue weighted by Gasteiger charge is 2.37. The van der Waals surface area contributed by atoms with Gasteiger partial charge in [0.15, 0.2) is 0 Å². The van der Waals surface area contributed by atoms with Gasteiger partial charge < -0.3 is 20.3 Å². The highest BCUT2D eigenvalue weighted by atomic mass is 35.5. The monoisotopic (exact) mass is 432 g/mol. The molecule has 9 heteroatoms. The van der Waals surface area contributed by atoms with Crippen molar-refractivity contribution in [2.75, 3.05) is 32.8 Å². The van der Waals surface area contributed by atoms with E-state index in [0.717, 1.165) is 37.3 Å². The van der Waals surface area contributed by atoms with Crippen LogP contribution in [0.3, 0.4) is 0 Å². The lowest BCUT2D eigenvalue weighted by Gasteiger charge is -2.43. The molecule has 1 aromatic rings. The number of aromatic nitrogens is 1. The van der Waals surface area contributed by atoms with Crippen molar-refractivity contribution in [3.8, 4) is 0 Å². The van der Waals surface area contributed by atoms with Gasteiger partial charge in [-0.15, -0.1) is 24.8 Å². The zero-order valence-electron chi connectivity index (χ0n) is 16.0. The zero-order valence-corrected chi connectivity index (χ0v) is 17.6. The van der Waals surface area contributed by atoms with Crippen molar-refractivity contribution < 1.29 is 9.90 Å². The van der Waals surface area contributed by atoms with Crippen molar-refractivity contribution in [3.05, 3.63) is 33.7 Å². The fourth-order valence-electron chi connectivity index (χ4n) is 4.79. The van der Waals surface area contributed by atoms with Crippen molar-refractivity contribution in [2.45, 2.75) is 44.3 Å². The molecule has 0 aliphatic carbocycles. The number of likely N-dealkylation sites (tertiary alicyclic amines) is 2. The first kappa shape index (κ1) is 23.2. The largest absolute Gasteiger partial charge is 0.394 e. The average molecular weight is 433 g/mol. The van der Waals surface area contributed by atoms with Crippen molar-refractivity contribution in [1.82, 2.24) is 14.4 Å². The maximum atomic E-state index is 13.0. The number of pyridine rings is 1. The molecule has 0 unspecified atom stereocenters. The van der Waals surface area contributed by atoms with E-state index in [1.54, 1.807) is 4.90 Å². The second kappa shape index (κ2) is 9.59. The smallest absolute Gasteiger partial charge is 0.255 e. The van der Waals surface area contributed by atoms with Crippen LogP contribution in [-0.2, 0) is 17.9 Å². The Balaban J connectivity index is 0.00000140.